The average Bonchev–Trinajstić information content (AvgIpc) is 3.16. The number of aliphatic hydroxyl groups excluding tert-OH is 1. The number of aliphatic hydroxyl groups is 1. The third-order valence-corrected chi connectivity index (χ3v) is 5.15. The molecule has 0 radical (unpaired) electrons. The first kappa shape index (κ1) is 25.3. The van der Waals surface area contributed by atoms with E-state index in [-0.39, 0.29) is 5.75 Å². The number of halogens is 3. The molecule has 5 heteroatoms. The molecule has 2 atom stereocenters. The molecule has 1 aliphatic rings. The first-order chi connectivity index (χ1) is 14.0. The maximum absolute atomic E-state index is 12.7. The van der Waals surface area contributed by atoms with Gasteiger partial charge in [0.1, 0.15) is 5.75 Å². The van der Waals surface area contributed by atoms with E-state index in [1.807, 2.05) is 0 Å². The highest BCUT2D eigenvalue weighted by Crippen LogP contribution is 2.35. The zero-order chi connectivity index (χ0) is 21.5. The van der Waals surface area contributed by atoms with Gasteiger partial charge in [0.2, 0.25) is 0 Å². The molecule has 0 aromatic heterocycles. The lowest BCUT2D eigenvalue weighted by atomic mass is 9.92. The summed E-state index contributed by atoms with van der Waals surface area (Å²) in [5, 5.41) is 7.00. The minimum atomic E-state index is -4.33. The summed E-state index contributed by atoms with van der Waals surface area (Å²) in [6, 6.07) is 5.06. The molecule has 1 aromatic rings. The van der Waals surface area contributed by atoms with Gasteiger partial charge in [-0.3, -0.25) is 0 Å². The van der Waals surface area contributed by atoms with Crippen LogP contribution >= 0.6 is 0 Å². The van der Waals surface area contributed by atoms with Crippen molar-refractivity contribution in [2.75, 3.05) is 13.7 Å². The molecule has 0 spiro atoms. The summed E-state index contributed by atoms with van der Waals surface area (Å²) in [5.41, 5.74) is -0.670. The average molecular weight is 413 g/mol. The molecule has 2 nitrogen and oxygen atoms in total. The Morgan fingerprint density at radius 1 is 1.10 bits per heavy atom. The molecule has 1 saturated carbocycles. The number of allylic oxidation sites excluding steroid dienone is 3. The molecule has 0 heterocycles. The predicted molar refractivity (Wildman–Crippen MR) is 113 cm³/mol. The van der Waals surface area contributed by atoms with E-state index in [1.54, 1.807) is 6.07 Å². The van der Waals surface area contributed by atoms with Crippen LogP contribution in [0.3, 0.4) is 0 Å². The van der Waals surface area contributed by atoms with Gasteiger partial charge in [-0.15, -0.1) is 0 Å². The Kier molecular flexibility index (Phi) is 12.4. The molecule has 164 valence electrons. The SMILES string of the molecule is CCCC/C=C\C[C@H]1CCCC1/C=C/CCOc1cccc(C(F)(F)F)c1.CO. The lowest BCUT2D eigenvalue weighted by Gasteiger charge is -2.14. The first-order valence-electron chi connectivity index (χ1n) is 10.6. The minimum absolute atomic E-state index is 0.272. The number of hydrogen-bond acceptors (Lipinski definition) is 2. The van der Waals surface area contributed by atoms with Crippen molar-refractivity contribution >= 4 is 0 Å². The van der Waals surface area contributed by atoms with Crippen LogP contribution in [0.1, 0.15) is 63.9 Å². The van der Waals surface area contributed by atoms with Crippen molar-refractivity contribution in [1.82, 2.24) is 0 Å². The maximum Gasteiger partial charge on any atom is 0.416 e. The van der Waals surface area contributed by atoms with Crippen molar-refractivity contribution in [2.45, 2.75) is 64.5 Å². The van der Waals surface area contributed by atoms with Gasteiger partial charge in [0, 0.05) is 7.11 Å². The minimum Gasteiger partial charge on any atom is -0.493 e. The lowest BCUT2D eigenvalue weighted by Crippen LogP contribution is -2.05. The zero-order valence-corrected chi connectivity index (χ0v) is 17.6. The largest absolute Gasteiger partial charge is 0.493 e. The second-order valence-corrected chi connectivity index (χ2v) is 7.30. The Morgan fingerprint density at radius 2 is 1.90 bits per heavy atom. The van der Waals surface area contributed by atoms with Gasteiger partial charge in [0.15, 0.2) is 0 Å². The predicted octanol–water partition coefficient (Wildman–Crippen LogP) is 7.19. The van der Waals surface area contributed by atoms with Crippen LogP contribution in [0.5, 0.6) is 5.75 Å². The molecule has 0 amide bonds. The fraction of sp³-hybridized carbons (Fsp3) is 0.583. The fourth-order valence-electron chi connectivity index (χ4n) is 3.60. The van der Waals surface area contributed by atoms with Crippen molar-refractivity contribution in [2.24, 2.45) is 11.8 Å². The van der Waals surface area contributed by atoms with Crippen molar-refractivity contribution in [3.05, 3.63) is 54.1 Å². The van der Waals surface area contributed by atoms with Gasteiger partial charge >= 0.3 is 6.18 Å². The molecule has 0 saturated heterocycles. The summed E-state index contributed by atoms with van der Waals surface area (Å²) in [6.07, 6.45) is 14.1. The van der Waals surface area contributed by atoms with E-state index in [9.17, 15) is 13.2 Å². The van der Waals surface area contributed by atoms with Gasteiger partial charge in [-0.1, -0.05) is 56.6 Å². The van der Waals surface area contributed by atoms with Crippen molar-refractivity contribution in [3.8, 4) is 5.75 Å². The van der Waals surface area contributed by atoms with Crippen LogP contribution in [0, 0.1) is 11.8 Å². The van der Waals surface area contributed by atoms with E-state index >= 15 is 0 Å². The molecular formula is C24H35F3O2. The summed E-state index contributed by atoms with van der Waals surface area (Å²) in [5.74, 6) is 1.62. The Balaban J connectivity index is 0.00000204. The van der Waals surface area contributed by atoms with Crippen LogP contribution in [-0.4, -0.2) is 18.8 Å². The number of unbranched alkanes of at least 4 members (excludes halogenated alkanes) is 2. The highest BCUT2D eigenvalue weighted by molar-refractivity contribution is 5.30. The van der Waals surface area contributed by atoms with Crippen LogP contribution in [-0.2, 0) is 6.18 Å². The Hall–Kier alpha value is -1.75. The second kappa shape index (κ2) is 14.3. The summed E-state index contributed by atoms with van der Waals surface area (Å²) >= 11 is 0. The third-order valence-electron chi connectivity index (χ3n) is 5.15. The van der Waals surface area contributed by atoms with Crippen molar-refractivity contribution in [1.29, 1.82) is 0 Å². The zero-order valence-electron chi connectivity index (χ0n) is 17.6. The van der Waals surface area contributed by atoms with Gasteiger partial charge in [-0.2, -0.15) is 13.2 Å². The number of hydrogen-bond donors (Lipinski definition) is 1. The van der Waals surface area contributed by atoms with Gasteiger partial charge in [-0.05, 0) is 62.1 Å². The van der Waals surface area contributed by atoms with E-state index < -0.39 is 11.7 Å². The van der Waals surface area contributed by atoms with Crippen molar-refractivity contribution < 1.29 is 23.0 Å². The molecule has 2 rings (SSSR count). The van der Waals surface area contributed by atoms with Gasteiger partial charge < -0.3 is 9.84 Å². The molecule has 29 heavy (non-hydrogen) atoms. The Labute approximate surface area is 173 Å². The van der Waals surface area contributed by atoms with Gasteiger partial charge in [0.25, 0.3) is 0 Å². The molecule has 0 bridgehead atoms. The monoisotopic (exact) mass is 412 g/mol. The van der Waals surface area contributed by atoms with E-state index in [0.29, 0.717) is 18.9 Å². The molecule has 1 fully saturated rings. The van der Waals surface area contributed by atoms with Crippen LogP contribution < -0.4 is 4.74 Å². The number of ether oxygens (including phenoxy) is 1. The number of rotatable bonds is 10. The van der Waals surface area contributed by atoms with E-state index in [2.05, 4.69) is 31.2 Å². The molecule has 1 N–H and O–H groups in total. The topological polar surface area (TPSA) is 29.5 Å². The molecule has 0 aliphatic heterocycles. The first-order valence-corrected chi connectivity index (χ1v) is 10.6. The number of benzene rings is 1. The quantitative estimate of drug-likeness (QED) is 0.325. The maximum atomic E-state index is 12.7. The highest BCUT2D eigenvalue weighted by atomic mass is 19.4. The molecule has 1 unspecified atom stereocenters. The standard InChI is InChI=1S/C23H31F3O.CH4O/c1-2-3-4-5-6-11-19-13-9-14-20(19)12-7-8-17-27-22-16-10-15-21(18-22)23(24,25)26;1-2/h5-7,10,12,15-16,18-20H,2-4,8-9,11,13-14,17H2,1H3;2H,1H3/b6-5-,12-7+;/t19-,20?;/m0./s1. The lowest BCUT2D eigenvalue weighted by molar-refractivity contribution is -0.137. The van der Waals surface area contributed by atoms with Gasteiger partial charge in [0.05, 0.1) is 12.2 Å². The highest BCUT2D eigenvalue weighted by Gasteiger charge is 2.30. The summed E-state index contributed by atoms with van der Waals surface area (Å²) in [4.78, 5) is 0. The molecule has 1 aromatic carbocycles. The summed E-state index contributed by atoms with van der Waals surface area (Å²) in [6.45, 7) is 2.61. The van der Waals surface area contributed by atoms with E-state index in [4.69, 9.17) is 9.84 Å². The smallest absolute Gasteiger partial charge is 0.416 e. The molecule has 1 aliphatic carbocycles. The molecular weight excluding hydrogens is 377 g/mol. The summed E-state index contributed by atoms with van der Waals surface area (Å²) in [7, 11) is 1.00. The fourth-order valence-corrected chi connectivity index (χ4v) is 3.60. The third kappa shape index (κ3) is 10.0. The van der Waals surface area contributed by atoms with Crippen molar-refractivity contribution in [3.63, 3.8) is 0 Å². The van der Waals surface area contributed by atoms with E-state index in [1.165, 1.54) is 44.6 Å². The normalized spacial score (nSPS) is 19.5. The van der Waals surface area contributed by atoms with Crippen LogP contribution in [0.2, 0.25) is 0 Å². The second-order valence-electron chi connectivity index (χ2n) is 7.30. The van der Waals surface area contributed by atoms with E-state index in [0.717, 1.165) is 31.6 Å². The van der Waals surface area contributed by atoms with Crippen LogP contribution in [0.25, 0.3) is 0 Å². The Morgan fingerprint density at radius 3 is 2.62 bits per heavy atom. The van der Waals surface area contributed by atoms with Crippen LogP contribution in [0.15, 0.2) is 48.6 Å². The summed E-state index contributed by atoms with van der Waals surface area (Å²) < 4.78 is 43.6. The Bertz CT molecular complexity index is 608. The van der Waals surface area contributed by atoms with Gasteiger partial charge in [-0.25, -0.2) is 0 Å². The number of alkyl halides is 3. The van der Waals surface area contributed by atoms with Crippen LogP contribution in [0.4, 0.5) is 13.2 Å².